The molecule has 21 heavy (non-hydrogen) atoms. The van der Waals surface area contributed by atoms with Crippen molar-refractivity contribution in [3.8, 4) is 0 Å². The molecule has 7 nitrogen and oxygen atoms in total. The lowest BCUT2D eigenvalue weighted by molar-refractivity contribution is 0.0670. The molecule has 1 atom stereocenters. The van der Waals surface area contributed by atoms with Gasteiger partial charge in [0.25, 0.3) is 5.91 Å². The van der Waals surface area contributed by atoms with E-state index in [1.165, 1.54) is 35.0 Å². The van der Waals surface area contributed by atoms with E-state index in [0.717, 1.165) is 6.26 Å². The number of hydrogen-bond donors (Lipinski definition) is 1. The summed E-state index contributed by atoms with van der Waals surface area (Å²) in [5.41, 5.74) is -0.460. The van der Waals surface area contributed by atoms with E-state index in [4.69, 9.17) is 5.11 Å². The summed E-state index contributed by atoms with van der Waals surface area (Å²) in [6.45, 7) is 0.247. The fourth-order valence-corrected chi connectivity index (χ4v) is 4.87. The third-order valence-electron chi connectivity index (χ3n) is 3.08. The second-order valence-corrected chi connectivity index (χ2v) is 7.92. The molecule has 1 aromatic rings. The van der Waals surface area contributed by atoms with Crippen LogP contribution in [0.25, 0.3) is 0 Å². The second kappa shape index (κ2) is 6.02. The number of aromatic nitrogens is 1. The lowest BCUT2D eigenvalue weighted by Gasteiger charge is -2.33. The average Bonchev–Trinajstić information content (AvgIpc) is 2.45. The van der Waals surface area contributed by atoms with E-state index >= 15 is 0 Å². The molecular formula is C12H14N2O5S2. The lowest BCUT2D eigenvalue weighted by atomic mass is 10.1. The first-order chi connectivity index (χ1) is 9.82. The van der Waals surface area contributed by atoms with Gasteiger partial charge in [-0.05, 0) is 12.1 Å². The highest BCUT2D eigenvalue weighted by atomic mass is 32.2. The molecule has 114 valence electrons. The molecule has 2 rings (SSSR count). The van der Waals surface area contributed by atoms with Crippen LogP contribution in [0.3, 0.4) is 0 Å². The van der Waals surface area contributed by atoms with Crippen molar-refractivity contribution in [3.05, 3.63) is 29.6 Å². The normalized spacial score (nSPS) is 19.3. The maximum Gasteiger partial charge on any atom is 0.338 e. The van der Waals surface area contributed by atoms with Crippen LogP contribution in [0, 0.1) is 0 Å². The molecule has 0 bridgehead atoms. The largest absolute Gasteiger partial charge is 0.478 e. The van der Waals surface area contributed by atoms with Crippen molar-refractivity contribution >= 4 is 33.5 Å². The Balaban J connectivity index is 2.41. The Morgan fingerprint density at radius 3 is 2.81 bits per heavy atom. The first-order valence-corrected chi connectivity index (χ1v) is 9.19. The maximum absolute atomic E-state index is 12.5. The van der Waals surface area contributed by atoms with Crippen LogP contribution in [0.5, 0.6) is 0 Å². The van der Waals surface area contributed by atoms with Crippen LogP contribution in [0.2, 0.25) is 0 Å². The molecule has 0 saturated carbocycles. The zero-order valence-electron chi connectivity index (χ0n) is 11.2. The monoisotopic (exact) mass is 330 g/mol. The summed E-state index contributed by atoms with van der Waals surface area (Å²) in [4.78, 5) is 28.7. The number of nitrogens with zero attached hydrogens (tertiary/aromatic N) is 2. The van der Waals surface area contributed by atoms with E-state index in [2.05, 4.69) is 4.98 Å². The minimum Gasteiger partial charge on any atom is -0.478 e. The second-order valence-electron chi connectivity index (χ2n) is 4.56. The van der Waals surface area contributed by atoms with Crippen LogP contribution in [0.15, 0.2) is 18.3 Å². The molecule has 1 saturated heterocycles. The van der Waals surface area contributed by atoms with Gasteiger partial charge in [0.2, 0.25) is 0 Å². The Kier molecular flexibility index (Phi) is 4.52. The SMILES string of the molecule is CS(=O)(=O)C1CSCCN1C(=O)c1ncccc1C(=O)O. The number of rotatable bonds is 3. The molecule has 1 N–H and O–H groups in total. The summed E-state index contributed by atoms with van der Waals surface area (Å²) in [6, 6.07) is 2.69. The number of hydrogen-bond acceptors (Lipinski definition) is 6. The molecule has 1 unspecified atom stereocenters. The number of amides is 1. The van der Waals surface area contributed by atoms with Crippen LogP contribution >= 0.6 is 11.8 Å². The van der Waals surface area contributed by atoms with Crippen molar-refractivity contribution in [3.63, 3.8) is 0 Å². The summed E-state index contributed by atoms with van der Waals surface area (Å²) >= 11 is 1.45. The Labute approximate surface area is 126 Å². The predicted molar refractivity (Wildman–Crippen MR) is 78.2 cm³/mol. The van der Waals surface area contributed by atoms with E-state index in [1.54, 1.807) is 0 Å². The summed E-state index contributed by atoms with van der Waals surface area (Å²) in [7, 11) is -3.45. The third-order valence-corrected chi connectivity index (χ3v) is 5.72. The Hall–Kier alpha value is -1.61. The number of pyridine rings is 1. The Bertz CT molecular complexity index is 674. The van der Waals surface area contributed by atoms with E-state index in [9.17, 15) is 18.0 Å². The van der Waals surface area contributed by atoms with Gasteiger partial charge in [0.15, 0.2) is 9.84 Å². The van der Waals surface area contributed by atoms with Gasteiger partial charge in [-0.3, -0.25) is 9.78 Å². The number of sulfone groups is 1. The van der Waals surface area contributed by atoms with Gasteiger partial charge in [-0.15, -0.1) is 0 Å². The van der Waals surface area contributed by atoms with Crippen molar-refractivity contribution in [1.29, 1.82) is 0 Å². The van der Waals surface area contributed by atoms with Gasteiger partial charge in [-0.1, -0.05) is 0 Å². The fraction of sp³-hybridized carbons (Fsp3) is 0.417. The summed E-state index contributed by atoms with van der Waals surface area (Å²) in [6.07, 6.45) is 2.38. The number of carbonyl (C=O) groups is 2. The molecule has 0 spiro atoms. The van der Waals surface area contributed by atoms with Crippen LogP contribution < -0.4 is 0 Å². The third kappa shape index (κ3) is 3.35. The van der Waals surface area contributed by atoms with Crippen molar-refractivity contribution < 1.29 is 23.1 Å². The predicted octanol–water partition coefficient (Wildman–Crippen LogP) is 0.339. The van der Waals surface area contributed by atoms with Gasteiger partial charge < -0.3 is 10.0 Å². The van der Waals surface area contributed by atoms with Crippen LogP contribution in [-0.2, 0) is 9.84 Å². The van der Waals surface area contributed by atoms with Gasteiger partial charge >= 0.3 is 5.97 Å². The summed E-state index contributed by atoms with van der Waals surface area (Å²) in [5, 5.41) is 8.15. The molecule has 1 aliphatic rings. The van der Waals surface area contributed by atoms with Gasteiger partial charge in [0, 0.05) is 30.5 Å². The highest BCUT2D eigenvalue weighted by molar-refractivity contribution is 8.00. The molecule has 1 amide bonds. The number of carbonyl (C=O) groups excluding carboxylic acids is 1. The zero-order chi connectivity index (χ0) is 15.6. The Morgan fingerprint density at radius 2 is 2.19 bits per heavy atom. The molecule has 2 heterocycles. The van der Waals surface area contributed by atoms with E-state index in [0.29, 0.717) is 5.75 Å². The molecule has 0 aliphatic carbocycles. The highest BCUT2D eigenvalue weighted by Crippen LogP contribution is 2.22. The molecule has 1 aliphatic heterocycles. The first kappa shape index (κ1) is 15.8. The maximum atomic E-state index is 12.5. The van der Waals surface area contributed by atoms with E-state index < -0.39 is 27.1 Å². The molecule has 0 aromatic carbocycles. The molecular weight excluding hydrogens is 316 g/mol. The van der Waals surface area contributed by atoms with Crippen molar-refractivity contribution in [2.24, 2.45) is 0 Å². The minimum absolute atomic E-state index is 0.229. The molecule has 1 aromatic heterocycles. The topological polar surface area (TPSA) is 105 Å². The van der Waals surface area contributed by atoms with Crippen LogP contribution in [-0.4, -0.2) is 65.0 Å². The number of carboxylic acid groups (broad SMARTS) is 1. The Morgan fingerprint density at radius 1 is 1.48 bits per heavy atom. The van der Waals surface area contributed by atoms with Crippen molar-refractivity contribution in [1.82, 2.24) is 9.88 Å². The lowest BCUT2D eigenvalue weighted by Crippen LogP contribution is -2.50. The quantitative estimate of drug-likeness (QED) is 0.852. The fourth-order valence-electron chi connectivity index (χ4n) is 2.05. The molecule has 9 heteroatoms. The van der Waals surface area contributed by atoms with Crippen LogP contribution in [0.1, 0.15) is 20.8 Å². The standard InChI is InChI=1S/C12H14N2O5S2/c1-21(18,19)9-7-20-6-5-14(9)11(15)10-8(12(16)17)3-2-4-13-10/h2-4,9H,5-7H2,1H3,(H,16,17). The van der Waals surface area contributed by atoms with Gasteiger partial charge in [0.1, 0.15) is 11.1 Å². The van der Waals surface area contributed by atoms with Gasteiger partial charge in [0.05, 0.1) is 5.56 Å². The number of aromatic carboxylic acids is 1. The van der Waals surface area contributed by atoms with Crippen LogP contribution in [0.4, 0.5) is 0 Å². The van der Waals surface area contributed by atoms with E-state index in [-0.39, 0.29) is 23.6 Å². The van der Waals surface area contributed by atoms with Gasteiger partial charge in [-0.2, -0.15) is 11.8 Å². The van der Waals surface area contributed by atoms with Gasteiger partial charge in [-0.25, -0.2) is 13.2 Å². The summed E-state index contributed by atoms with van der Waals surface area (Å²) in [5.74, 6) is -1.05. The zero-order valence-corrected chi connectivity index (χ0v) is 12.9. The average molecular weight is 330 g/mol. The first-order valence-electron chi connectivity index (χ1n) is 6.08. The minimum atomic E-state index is -3.45. The number of thioether (sulfide) groups is 1. The molecule has 1 fully saturated rings. The summed E-state index contributed by atoms with van der Waals surface area (Å²) < 4.78 is 23.6. The smallest absolute Gasteiger partial charge is 0.338 e. The highest BCUT2D eigenvalue weighted by Gasteiger charge is 2.36. The van der Waals surface area contributed by atoms with Crippen molar-refractivity contribution in [2.45, 2.75) is 5.37 Å². The van der Waals surface area contributed by atoms with E-state index in [1.807, 2.05) is 0 Å². The van der Waals surface area contributed by atoms with Crippen molar-refractivity contribution in [2.75, 3.05) is 24.3 Å². The molecule has 0 radical (unpaired) electrons. The number of carboxylic acids is 1.